The number of aromatic nitrogens is 2. The smallest absolute Gasteiger partial charge is 0.241 e. The molecule has 4 rings (SSSR count). The summed E-state index contributed by atoms with van der Waals surface area (Å²) in [5, 5.41) is 7.04. The summed E-state index contributed by atoms with van der Waals surface area (Å²) >= 11 is 0. The third kappa shape index (κ3) is 4.14. The zero-order valence-corrected chi connectivity index (χ0v) is 15.9. The number of rotatable bonds is 7. The highest BCUT2D eigenvalue weighted by molar-refractivity contribution is 5.81. The summed E-state index contributed by atoms with van der Waals surface area (Å²) in [6.45, 7) is 3.83. The molecule has 0 aliphatic carbocycles. The van der Waals surface area contributed by atoms with Gasteiger partial charge in [0.15, 0.2) is 0 Å². The first-order chi connectivity index (χ1) is 13.7. The largest absolute Gasteiger partial charge is 0.467 e. The number of likely N-dealkylation sites (tertiary alicyclic amines) is 1. The van der Waals surface area contributed by atoms with E-state index in [1.807, 2.05) is 24.3 Å². The molecule has 1 atom stereocenters. The second kappa shape index (κ2) is 8.39. The van der Waals surface area contributed by atoms with Gasteiger partial charge < -0.3 is 14.3 Å². The van der Waals surface area contributed by atoms with Crippen LogP contribution in [0.2, 0.25) is 0 Å². The van der Waals surface area contributed by atoms with Crippen LogP contribution < -0.4 is 5.32 Å². The lowest BCUT2D eigenvalue weighted by Gasteiger charge is -2.21. The van der Waals surface area contributed by atoms with Crippen molar-refractivity contribution in [1.82, 2.24) is 20.4 Å². The van der Waals surface area contributed by atoms with Gasteiger partial charge in [0, 0.05) is 5.56 Å². The van der Waals surface area contributed by atoms with Gasteiger partial charge in [-0.25, -0.2) is 0 Å². The van der Waals surface area contributed by atoms with Crippen molar-refractivity contribution >= 4 is 5.91 Å². The molecule has 1 aromatic carbocycles. The van der Waals surface area contributed by atoms with E-state index in [1.54, 1.807) is 6.26 Å². The average Bonchev–Trinajstić information content (AvgIpc) is 3.49. The molecule has 1 saturated heterocycles. The molecule has 0 radical (unpaired) electrons. The maximum Gasteiger partial charge on any atom is 0.241 e. The SMILES string of the molecule is CCc1ccc(-c2noc(CN3CCCC3C(=O)NCc3ccco3)n2)cc1. The zero-order valence-electron chi connectivity index (χ0n) is 15.9. The molecule has 1 aliphatic heterocycles. The second-order valence-electron chi connectivity index (χ2n) is 6.99. The van der Waals surface area contributed by atoms with E-state index in [1.165, 1.54) is 5.56 Å². The molecule has 3 heterocycles. The minimum absolute atomic E-state index is 0.00351. The minimum Gasteiger partial charge on any atom is -0.467 e. The van der Waals surface area contributed by atoms with Gasteiger partial charge in [-0.2, -0.15) is 4.98 Å². The molecular weight excluding hydrogens is 356 g/mol. The lowest BCUT2D eigenvalue weighted by Crippen LogP contribution is -2.42. The first-order valence-corrected chi connectivity index (χ1v) is 9.69. The molecule has 1 N–H and O–H groups in total. The van der Waals surface area contributed by atoms with E-state index in [9.17, 15) is 4.79 Å². The Kier molecular flexibility index (Phi) is 5.53. The quantitative estimate of drug-likeness (QED) is 0.678. The fraction of sp³-hybridized carbons (Fsp3) is 0.381. The summed E-state index contributed by atoms with van der Waals surface area (Å²) in [6.07, 6.45) is 4.39. The van der Waals surface area contributed by atoms with E-state index >= 15 is 0 Å². The fourth-order valence-electron chi connectivity index (χ4n) is 3.52. The maximum atomic E-state index is 12.6. The second-order valence-corrected chi connectivity index (χ2v) is 6.99. The first kappa shape index (κ1) is 18.4. The highest BCUT2D eigenvalue weighted by Crippen LogP contribution is 2.22. The molecule has 2 aromatic heterocycles. The van der Waals surface area contributed by atoms with Crippen LogP contribution in [0.25, 0.3) is 11.4 Å². The minimum atomic E-state index is -0.186. The Morgan fingerprint density at radius 3 is 2.89 bits per heavy atom. The van der Waals surface area contributed by atoms with Crippen molar-refractivity contribution in [1.29, 1.82) is 0 Å². The molecule has 3 aromatic rings. The number of nitrogens with zero attached hydrogens (tertiary/aromatic N) is 3. The van der Waals surface area contributed by atoms with Crippen molar-refractivity contribution in [2.24, 2.45) is 0 Å². The average molecular weight is 380 g/mol. The number of furan rings is 1. The number of benzene rings is 1. The molecule has 7 nitrogen and oxygen atoms in total. The highest BCUT2D eigenvalue weighted by Gasteiger charge is 2.31. The number of aryl methyl sites for hydroxylation is 1. The van der Waals surface area contributed by atoms with Crippen molar-refractivity contribution in [2.45, 2.75) is 45.3 Å². The van der Waals surface area contributed by atoms with Crippen LogP contribution in [0.4, 0.5) is 0 Å². The van der Waals surface area contributed by atoms with Gasteiger partial charge in [0.2, 0.25) is 17.6 Å². The third-order valence-electron chi connectivity index (χ3n) is 5.11. The number of nitrogens with one attached hydrogen (secondary N) is 1. The van der Waals surface area contributed by atoms with Crippen molar-refractivity contribution < 1.29 is 13.7 Å². The summed E-state index contributed by atoms with van der Waals surface area (Å²) < 4.78 is 10.7. The van der Waals surface area contributed by atoms with E-state index in [2.05, 4.69) is 39.4 Å². The highest BCUT2D eigenvalue weighted by atomic mass is 16.5. The zero-order chi connectivity index (χ0) is 19.3. The Bertz CT molecular complexity index is 902. The van der Waals surface area contributed by atoms with Crippen molar-refractivity contribution in [3.05, 3.63) is 59.9 Å². The summed E-state index contributed by atoms with van der Waals surface area (Å²) in [4.78, 5) is 19.2. The van der Waals surface area contributed by atoms with Crippen LogP contribution in [-0.2, 0) is 24.3 Å². The van der Waals surface area contributed by atoms with Gasteiger partial charge in [0.05, 0.1) is 25.4 Å². The molecule has 0 saturated carbocycles. The Balaban J connectivity index is 1.37. The van der Waals surface area contributed by atoms with Gasteiger partial charge in [-0.15, -0.1) is 0 Å². The van der Waals surface area contributed by atoms with Gasteiger partial charge in [-0.3, -0.25) is 9.69 Å². The first-order valence-electron chi connectivity index (χ1n) is 9.69. The van der Waals surface area contributed by atoms with Crippen molar-refractivity contribution in [2.75, 3.05) is 6.54 Å². The molecule has 1 fully saturated rings. The standard InChI is InChI=1S/C21H24N4O3/c1-2-15-7-9-16(10-8-15)20-23-19(28-24-20)14-25-11-3-6-18(25)21(26)22-13-17-5-4-12-27-17/h4-5,7-10,12,18H,2-3,6,11,13-14H2,1H3,(H,22,26). The Hall–Kier alpha value is -2.93. The molecule has 1 unspecified atom stereocenters. The molecule has 1 amide bonds. The van der Waals surface area contributed by atoms with Crippen LogP contribution in [0, 0.1) is 0 Å². The predicted octanol–water partition coefficient (Wildman–Crippen LogP) is 3.17. The summed E-state index contributed by atoms with van der Waals surface area (Å²) in [7, 11) is 0. The number of carbonyl (C=O) groups excluding carboxylic acids is 1. The van der Waals surface area contributed by atoms with E-state index < -0.39 is 0 Å². The van der Waals surface area contributed by atoms with Crippen LogP contribution in [-0.4, -0.2) is 33.5 Å². The van der Waals surface area contributed by atoms with Gasteiger partial charge in [0.25, 0.3) is 0 Å². The van der Waals surface area contributed by atoms with E-state index in [4.69, 9.17) is 8.94 Å². The Morgan fingerprint density at radius 2 is 2.14 bits per heavy atom. The number of hydrogen-bond acceptors (Lipinski definition) is 6. The van der Waals surface area contributed by atoms with Crippen molar-refractivity contribution in [3.63, 3.8) is 0 Å². The number of hydrogen-bond donors (Lipinski definition) is 1. The van der Waals surface area contributed by atoms with Gasteiger partial charge >= 0.3 is 0 Å². The molecule has 1 aliphatic rings. The summed E-state index contributed by atoms with van der Waals surface area (Å²) in [6, 6.07) is 11.6. The maximum absolute atomic E-state index is 12.6. The van der Waals surface area contributed by atoms with Crippen LogP contribution in [0.5, 0.6) is 0 Å². The van der Waals surface area contributed by atoms with Crippen LogP contribution in [0.3, 0.4) is 0 Å². The number of amides is 1. The van der Waals surface area contributed by atoms with Crippen LogP contribution in [0.1, 0.15) is 37.0 Å². The lowest BCUT2D eigenvalue weighted by atomic mass is 10.1. The van der Waals surface area contributed by atoms with Crippen molar-refractivity contribution in [3.8, 4) is 11.4 Å². The fourth-order valence-corrected chi connectivity index (χ4v) is 3.52. The Morgan fingerprint density at radius 1 is 1.29 bits per heavy atom. The summed E-state index contributed by atoms with van der Waals surface area (Å²) in [5.74, 6) is 1.85. The van der Waals surface area contributed by atoms with Gasteiger partial charge in [-0.05, 0) is 43.5 Å². The summed E-state index contributed by atoms with van der Waals surface area (Å²) in [5.41, 5.74) is 2.20. The molecular formula is C21H24N4O3. The molecule has 0 spiro atoms. The third-order valence-corrected chi connectivity index (χ3v) is 5.11. The monoisotopic (exact) mass is 380 g/mol. The van der Waals surface area contributed by atoms with Gasteiger partial charge in [0.1, 0.15) is 5.76 Å². The predicted molar refractivity (Wildman–Crippen MR) is 103 cm³/mol. The lowest BCUT2D eigenvalue weighted by molar-refractivity contribution is -0.126. The van der Waals surface area contributed by atoms with E-state index in [-0.39, 0.29) is 11.9 Å². The number of carbonyl (C=O) groups is 1. The normalized spacial score (nSPS) is 17.1. The molecule has 7 heteroatoms. The topological polar surface area (TPSA) is 84.4 Å². The molecule has 146 valence electrons. The van der Waals surface area contributed by atoms with Crippen LogP contribution in [0.15, 0.2) is 51.6 Å². The van der Waals surface area contributed by atoms with E-state index in [0.29, 0.717) is 24.8 Å². The molecule has 28 heavy (non-hydrogen) atoms. The molecule has 0 bridgehead atoms. The van der Waals surface area contributed by atoms with Crippen LogP contribution >= 0.6 is 0 Å². The van der Waals surface area contributed by atoms with E-state index in [0.717, 1.165) is 37.1 Å². The van der Waals surface area contributed by atoms with Gasteiger partial charge in [-0.1, -0.05) is 36.3 Å². The Labute approximate surface area is 163 Å².